The lowest BCUT2D eigenvalue weighted by atomic mass is 9.94. The first-order valence-corrected chi connectivity index (χ1v) is 10.3. The number of nitro benzene ring substituents is 1. The number of hydrogen-bond acceptors (Lipinski definition) is 5. The predicted octanol–water partition coefficient (Wildman–Crippen LogP) is 4.82. The summed E-state index contributed by atoms with van der Waals surface area (Å²) in [5.74, 6) is -0.649. The van der Waals surface area contributed by atoms with Gasteiger partial charge in [0.15, 0.2) is 0 Å². The first kappa shape index (κ1) is 20.8. The SMILES string of the molecule is O=C(Nc1ccc2c(c1)C(=O)N(C1CCCCC1)C2=O)Nc1cc([N+](=O)[O-])ccc1Cl. The molecule has 1 saturated carbocycles. The highest BCUT2D eigenvalue weighted by Crippen LogP contribution is 2.32. The second kappa shape index (κ2) is 8.35. The highest BCUT2D eigenvalue weighted by molar-refractivity contribution is 6.34. The fourth-order valence-corrected chi connectivity index (χ4v) is 4.18. The molecule has 160 valence electrons. The maximum absolute atomic E-state index is 12.9. The normalized spacial score (nSPS) is 16.2. The van der Waals surface area contributed by atoms with E-state index in [1.807, 2.05) is 0 Å². The van der Waals surface area contributed by atoms with Crippen LogP contribution in [0.25, 0.3) is 0 Å². The zero-order valence-electron chi connectivity index (χ0n) is 16.4. The Morgan fingerprint density at radius 2 is 1.71 bits per heavy atom. The Morgan fingerprint density at radius 3 is 2.42 bits per heavy atom. The van der Waals surface area contributed by atoms with Crippen molar-refractivity contribution < 1.29 is 19.3 Å². The molecule has 1 aliphatic heterocycles. The summed E-state index contributed by atoms with van der Waals surface area (Å²) in [6.45, 7) is 0. The molecule has 0 aromatic heterocycles. The maximum atomic E-state index is 12.9. The molecule has 2 aromatic carbocycles. The summed E-state index contributed by atoms with van der Waals surface area (Å²) in [6.07, 6.45) is 4.71. The number of fused-ring (bicyclic) bond motifs is 1. The highest BCUT2D eigenvalue weighted by atomic mass is 35.5. The zero-order valence-corrected chi connectivity index (χ0v) is 17.1. The van der Waals surface area contributed by atoms with Crippen molar-refractivity contribution in [2.24, 2.45) is 0 Å². The molecule has 0 bridgehead atoms. The molecule has 0 radical (unpaired) electrons. The molecule has 4 rings (SSSR count). The van der Waals surface area contributed by atoms with Gasteiger partial charge in [-0.25, -0.2) is 4.79 Å². The molecule has 2 aromatic rings. The largest absolute Gasteiger partial charge is 0.323 e. The topological polar surface area (TPSA) is 122 Å². The molecule has 2 aliphatic rings. The van der Waals surface area contributed by atoms with Gasteiger partial charge in [0, 0.05) is 23.9 Å². The molecule has 2 N–H and O–H groups in total. The Hall–Kier alpha value is -3.46. The third-order valence-corrected chi connectivity index (χ3v) is 5.85. The van der Waals surface area contributed by atoms with E-state index in [1.165, 1.54) is 35.2 Å². The fourth-order valence-electron chi connectivity index (χ4n) is 4.02. The summed E-state index contributed by atoms with van der Waals surface area (Å²) in [4.78, 5) is 49.6. The molecule has 10 heteroatoms. The van der Waals surface area contributed by atoms with Gasteiger partial charge in [0.1, 0.15) is 0 Å². The smallest absolute Gasteiger partial charge is 0.308 e. The molecular weight excluding hydrogens is 424 g/mol. The van der Waals surface area contributed by atoms with Gasteiger partial charge in [-0.15, -0.1) is 0 Å². The van der Waals surface area contributed by atoms with Crippen LogP contribution in [0.15, 0.2) is 36.4 Å². The van der Waals surface area contributed by atoms with E-state index in [1.54, 1.807) is 0 Å². The van der Waals surface area contributed by atoms with E-state index in [-0.39, 0.29) is 39.8 Å². The summed E-state index contributed by atoms with van der Waals surface area (Å²) in [7, 11) is 0. The number of non-ortho nitro benzene ring substituents is 1. The van der Waals surface area contributed by atoms with E-state index in [0.29, 0.717) is 11.3 Å². The van der Waals surface area contributed by atoms with E-state index in [0.717, 1.165) is 38.2 Å². The number of carbonyl (C=O) groups is 3. The van der Waals surface area contributed by atoms with E-state index >= 15 is 0 Å². The van der Waals surface area contributed by atoms with Gasteiger partial charge in [-0.2, -0.15) is 0 Å². The van der Waals surface area contributed by atoms with Crippen molar-refractivity contribution >= 4 is 46.5 Å². The number of hydrogen-bond donors (Lipinski definition) is 2. The van der Waals surface area contributed by atoms with Crippen LogP contribution in [0.1, 0.15) is 52.8 Å². The Bertz CT molecular complexity index is 1100. The average Bonchev–Trinajstić information content (AvgIpc) is 3.00. The Morgan fingerprint density at radius 1 is 1.00 bits per heavy atom. The predicted molar refractivity (Wildman–Crippen MR) is 115 cm³/mol. The number of benzene rings is 2. The van der Waals surface area contributed by atoms with Crippen LogP contribution in [0.3, 0.4) is 0 Å². The molecule has 0 saturated heterocycles. The van der Waals surface area contributed by atoms with Gasteiger partial charge in [0.25, 0.3) is 17.5 Å². The number of imide groups is 1. The average molecular weight is 443 g/mol. The Kier molecular flexibility index (Phi) is 5.60. The van der Waals surface area contributed by atoms with Crippen LogP contribution in [-0.4, -0.2) is 33.7 Å². The van der Waals surface area contributed by atoms with E-state index in [9.17, 15) is 24.5 Å². The molecule has 1 fully saturated rings. The Labute approximate surface area is 182 Å². The Balaban J connectivity index is 1.49. The van der Waals surface area contributed by atoms with Gasteiger partial charge in [-0.1, -0.05) is 30.9 Å². The molecule has 9 nitrogen and oxygen atoms in total. The number of nitrogens with one attached hydrogen (secondary N) is 2. The molecule has 1 heterocycles. The van der Waals surface area contributed by atoms with Crippen LogP contribution in [-0.2, 0) is 0 Å². The van der Waals surface area contributed by atoms with Crippen LogP contribution in [0.5, 0.6) is 0 Å². The number of nitrogens with zero attached hydrogens (tertiary/aromatic N) is 2. The zero-order chi connectivity index (χ0) is 22.1. The lowest BCUT2D eigenvalue weighted by Gasteiger charge is -2.29. The van der Waals surface area contributed by atoms with Crippen LogP contribution < -0.4 is 10.6 Å². The summed E-state index contributed by atoms with van der Waals surface area (Å²) in [5.41, 5.74) is 0.739. The number of rotatable bonds is 4. The molecule has 0 spiro atoms. The molecule has 4 amide bonds. The van der Waals surface area contributed by atoms with Crippen molar-refractivity contribution in [2.45, 2.75) is 38.1 Å². The van der Waals surface area contributed by atoms with E-state index in [2.05, 4.69) is 10.6 Å². The molecule has 31 heavy (non-hydrogen) atoms. The minimum absolute atomic E-state index is 0.0734. The van der Waals surface area contributed by atoms with Crippen molar-refractivity contribution in [3.8, 4) is 0 Å². The summed E-state index contributed by atoms with van der Waals surface area (Å²) in [6, 6.07) is 7.43. The van der Waals surface area contributed by atoms with Gasteiger partial charge in [0.2, 0.25) is 0 Å². The van der Waals surface area contributed by atoms with Gasteiger partial charge < -0.3 is 10.6 Å². The summed E-state index contributed by atoms with van der Waals surface area (Å²) >= 11 is 6.00. The monoisotopic (exact) mass is 442 g/mol. The van der Waals surface area contributed by atoms with Gasteiger partial charge in [0.05, 0.1) is 26.8 Å². The van der Waals surface area contributed by atoms with E-state index < -0.39 is 11.0 Å². The van der Waals surface area contributed by atoms with Crippen molar-refractivity contribution in [3.63, 3.8) is 0 Å². The van der Waals surface area contributed by atoms with Crippen LogP contribution >= 0.6 is 11.6 Å². The molecule has 0 atom stereocenters. The van der Waals surface area contributed by atoms with Gasteiger partial charge in [-0.3, -0.25) is 24.6 Å². The molecule has 1 aliphatic carbocycles. The molecule has 0 unspecified atom stereocenters. The van der Waals surface area contributed by atoms with E-state index in [4.69, 9.17) is 11.6 Å². The first-order valence-electron chi connectivity index (χ1n) is 9.89. The lowest BCUT2D eigenvalue weighted by Crippen LogP contribution is -2.40. The van der Waals surface area contributed by atoms with Crippen LogP contribution in [0.2, 0.25) is 5.02 Å². The third kappa shape index (κ3) is 4.09. The molecular formula is C21H19ClN4O5. The number of anilines is 2. The van der Waals surface area contributed by atoms with Gasteiger partial charge >= 0.3 is 6.03 Å². The van der Waals surface area contributed by atoms with Crippen molar-refractivity contribution in [1.82, 2.24) is 4.90 Å². The number of nitro groups is 1. The second-order valence-electron chi connectivity index (χ2n) is 7.53. The minimum atomic E-state index is -0.691. The fraction of sp³-hybridized carbons (Fsp3) is 0.286. The maximum Gasteiger partial charge on any atom is 0.323 e. The van der Waals surface area contributed by atoms with Crippen molar-refractivity contribution in [3.05, 3.63) is 62.7 Å². The minimum Gasteiger partial charge on any atom is -0.308 e. The summed E-state index contributed by atoms with van der Waals surface area (Å²) < 4.78 is 0. The number of amides is 4. The quantitative estimate of drug-likeness (QED) is 0.399. The number of urea groups is 1. The van der Waals surface area contributed by atoms with Gasteiger partial charge in [-0.05, 0) is 37.1 Å². The lowest BCUT2D eigenvalue weighted by molar-refractivity contribution is -0.384. The third-order valence-electron chi connectivity index (χ3n) is 5.52. The highest BCUT2D eigenvalue weighted by Gasteiger charge is 2.40. The number of halogens is 1. The van der Waals surface area contributed by atoms with Crippen LogP contribution in [0, 0.1) is 10.1 Å². The standard InChI is InChI=1S/C21H19ClN4O5/c22-17-9-7-14(26(30)31)11-18(17)24-21(29)23-12-6-8-15-16(10-12)20(28)25(19(15)27)13-4-2-1-3-5-13/h6-11,13H,1-5H2,(H2,23,24,29). The van der Waals surface area contributed by atoms with Crippen molar-refractivity contribution in [1.29, 1.82) is 0 Å². The van der Waals surface area contributed by atoms with Crippen LogP contribution in [0.4, 0.5) is 21.9 Å². The summed E-state index contributed by atoms with van der Waals surface area (Å²) in [5, 5.41) is 16.1. The van der Waals surface area contributed by atoms with Crippen molar-refractivity contribution in [2.75, 3.05) is 10.6 Å². The number of carbonyl (C=O) groups excluding carboxylic acids is 3. The second-order valence-corrected chi connectivity index (χ2v) is 7.94. The first-order chi connectivity index (χ1) is 14.8.